The van der Waals surface area contributed by atoms with Crippen LogP contribution in [0.15, 0.2) is 46.0 Å². The number of nitrogens with one attached hydrogen (secondary N) is 1. The van der Waals surface area contributed by atoms with Crippen LogP contribution in [0.3, 0.4) is 0 Å². The number of aliphatic carboxylic acids is 1. The van der Waals surface area contributed by atoms with Crippen LogP contribution >= 0.6 is 22.9 Å². The van der Waals surface area contributed by atoms with Crippen molar-refractivity contribution in [1.82, 2.24) is 20.3 Å². The zero-order valence-electron chi connectivity index (χ0n) is 24.2. The topological polar surface area (TPSA) is 126 Å². The Balaban J connectivity index is 1.50. The Morgan fingerprint density at radius 2 is 2.09 bits per heavy atom. The molecule has 5 rings (SSSR count). The van der Waals surface area contributed by atoms with E-state index in [2.05, 4.69) is 15.3 Å². The molecule has 16 heteroatoms. The molecule has 0 spiro atoms. The number of fused-ring (bicyclic) bond motifs is 1. The lowest BCUT2D eigenvalue weighted by Crippen LogP contribution is -2.51. The summed E-state index contributed by atoms with van der Waals surface area (Å²) in [5.41, 5.74) is -1.01. The van der Waals surface area contributed by atoms with Crippen molar-refractivity contribution in [2.75, 3.05) is 40.5 Å². The van der Waals surface area contributed by atoms with E-state index in [0.717, 1.165) is 5.06 Å². The summed E-state index contributed by atoms with van der Waals surface area (Å²) in [6.45, 7) is 1.72. The van der Waals surface area contributed by atoms with Gasteiger partial charge in [-0.1, -0.05) is 23.7 Å². The summed E-state index contributed by atoms with van der Waals surface area (Å²) in [7, 11) is 2.49. The zero-order valence-corrected chi connectivity index (χ0v) is 25.8. The predicted molar refractivity (Wildman–Crippen MR) is 154 cm³/mol. The van der Waals surface area contributed by atoms with Crippen molar-refractivity contribution in [2.24, 2.45) is 10.4 Å². The highest BCUT2D eigenvalue weighted by atomic mass is 35.5. The number of hydroxylamine groups is 2. The van der Waals surface area contributed by atoms with Gasteiger partial charge in [0.25, 0.3) is 5.92 Å². The predicted octanol–water partition coefficient (Wildman–Crippen LogP) is 3.51. The number of thiazole rings is 1. The maximum atomic E-state index is 15.7. The first-order chi connectivity index (χ1) is 20.8. The standard InChI is InChI=1S/C28H31ClF3N5O6S/c1-27(2,26(39)40)18(41-3)11-37-22-17(12-43-37)36(13-28(22,31)32)10-16-19(25(38)42-4)21(14-6-5-7-15(30)20(14)29)35-23(34-16)24-33-8-9-44-24/h5-9,17-18,21-22H,10-13H2,1-4H3,(H,34,35)(H,39,40)/t17-,18+,21+,22+/m1/s1. The SMILES string of the molecule is COC(=O)C1=C(CN2CC(F)(F)[C@@H]3[C@H]2CON3C[C@H](OC)C(C)(C)C(=O)O)NC(c2nccs2)=N[C@H]1c1cccc(F)c1Cl. The third-order valence-electron chi connectivity index (χ3n) is 8.19. The van der Waals surface area contributed by atoms with Crippen LogP contribution in [0.2, 0.25) is 5.02 Å². The number of esters is 1. The molecule has 238 valence electrons. The highest BCUT2D eigenvalue weighted by molar-refractivity contribution is 7.11. The van der Waals surface area contributed by atoms with Gasteiger partial charge in [0.15, 0.2) is 10.8 Å². The van der Waals surface area contributed by atoms with E-state index in [-0.39, 0.29) is 47.4 Å². The Kier molecular flexibility index (Phi) is 9.08. The molecule has 0 radical (unpaired) electrons. The highest BCUT2D eigenvalue weighted by Crippen LogP contribution is 2.43. The van der Waals surface area contributed by atoms with Crippen LogP contribution in [0.25, 0.3) is 0 Å². The van der Waals surface area contributed by atoms with E-state index in [1.807, 2.05) is 0 Å². The highest BCUT2D eigenvalue weighted by Gasteiger charge is 2.61. The Morgan fingerprint density at radius 3 is 2.73 bits per heavy atom. The molecule has 4 heterocycles. The number of carboxylic acids is 1. The van der Waals surface area contributed by atoms with Crippen molar-refractivity contribution in [3.05, 3.63) is 62.5 Å². The number of carbonyl (C=O) groups is 2. The normalized spacial score (nSPS) is 24.5. The number of hydrogen-bond donors (Lipinski definition) is 2. The number of ether oxygens (including phenoxy) is 2. The summed E-state index contributed by atoms with van der Waals surface area (Å²) in [4.78, 5) is 41.2. The molecule has 2 N–H and O–H groups in total. The van der Waals surface area contributed by atoms with Gasteiger partial charge in [0, 0.05) is 36.5 Å². The number of alkyl halides is 2. The average molecular weight is 658 g/mol. The quantitative estimate of drug-likeness (QED) is 0.367. The number of carbonyl (C=O) groups excluding carboxylic acids is 1. The lowest BCUT2D eigenvalue weighted by atomic mass is 9.86. The van der Waals surface area contributed by atoms with Gasteiger partial charge in [0.1, 0.15) is 17.9 Å². The average Bonchev–Trinajstić information content (AvgIpc) is 3.71. The molecule has 3 aliphatic rings. The second kappa shape index (κ2) is 12.4. The molecule has 0 saturated carbocycles. The molecule has 0 bridgehead atoms. The van der Waals surface area contributed by atoms with E-state index in [0.29, 0.717) is 5.01 Å². The van der Waals surface area contributed by atoms with Crippen molar-refractivity contribution >= 4 is 40.7 Å². The van der Waals surface area contributed by atoms with Gasteiger partial charge in [-0.25, -0.2) is 22.9 Å². The Morgan fingerprint density at radius 1 is 1.34 bits per heavy atom. The van der Waals surface area contributed by atoms with Gasteiger partial charge in [-0.15, -0.1) is 11.3 Å². The third-order valence-corrected chi connectivity index (χ3v) is 9.37. The van der Waals surface area contributed by atoms with E-state index < -0.39 is 59.9 Å². The first-order valence-electron chi connectivity index (χ1n) is 13.6. The summed E-state index contributed by atoms with van der Waals surface area (Å²) in [6, 6.07) is 0.749. The molecule has 0 aliphatic carbocycles. The Bertz CT molecular complexity index is 1490. The van der Waals surface area contributed by atoms with Gasteiger partial charge >= 0.3 is 11.9 Å². The number of methoxy groups -OCH3 is 2. The van der Waals surface area contributed by atoms with Crippen molar-refractivity contribution < 1.29 is 42.2 Å². The molecule has 44 heavy (non-hydrogen) atoms. The number of aromatic nitrogens is 1. The van der Waals surface area contributed by atoms with Crippen molar-refractivity contribution in [3.63, 3.8) is 0 Å². The summed E-state index contributed by atoms with van der Waals surface area (Å²) in [6.07, 6.45) is 0.605. The molecule has 4 atom stereocenters. The fraction of sp³-hybridized carbons (Fsp3) is 0.500. The number of likely N-dealkylation sites (tertiary alicyclic amines) is 1. The number of carboxylic acid groups (broad SMARTS) is 1. The molecular weight excluding hydrogens is 627 g/mol. The monoisotopic (exact) mass is 657 g/mol. The number of hydrogen-bond acceptors (Lipinski definition) is 11. The summed E-state index contributed by atoms with van der Waals surface area (Å²) >= 11 is 7.59. The number of aliphatic imine (C=N–C) groups is 1. The Hall–Kier alpha value is -3.08. The summed E-state index contributed by atoms with van der Waals surface area (Å²) in [5.74, 6) is -5.68. The first kappa shape index (κ1) is 32.3. The fourth-order valence-corrected chi connectivity index (χ4v) is 6.55. The molecule has 0 amide bonds. The number of halogens is 4. The van der Waals surface area contributed by atoms with Crippen molar-refractivity contribution in [3.8, 4) is 0 Å². The number of nitrogens with zero attached hydrogens (tertiary/aromatic N) is 4. The van der Waals surface area contributed by atoms with Crippen molar-refractivity contribution in [1.29, 1.82) is 0 Å². The largest absolute Gasteiger partial charge is 0.481 e. The molecule has 2 saturated heterocycles. The van der Waals surface area contributed by atoms with Crippen LogP contribution in [-0.4, -0.2) is 102 Å². The van der Waals surface area contributed by atoms with Gasteiger partial charge in [-0.2, -0.15) is 5.06 Å². The van der Waals surface area contributed by atoms with Gasteiger partial charge in [0.2, 0.25) is 0 Å². The molecule has 11 nitrogen and oxygen atoms in total. The van der Waals surface area contributed by atoms with Crippen LogP contribution in [0.4, 0.5) is 13.2 Å². The van der Waals surface area contributed by atoms with Gasteiger partial charge in [-0.3, -0.25) is 19.5 Å². The minimum absolute atomic E-state index is 0.0227. The zero-order chi connectivity index (χ0) is 32.0. The van der Waals surface area contributed by atoms with Crippen LogP contribution in [0.1, 0.15) is 30.5 Å². The van der Waals surface area contributed by atoms with Crippen LogP contribution in [-0.2, 0) is 23.9 Å². The molecule has 3 aliphatic heterocycles. The van der Waals surface area contributed by atoms with Gasteiger partial charge in [0.05, 0.1) is 55.0 Å². The minimum Gasteiger partial charge on any atom is -0.481 e. The lowest BCUT2D eigenvalue weighted by Gasteiger charge is -2.34. The first-order valence-corrected chi connectivity index (χ1v) is 14.8. The third kappa shape index (κ3) is 5.84. The van der Waals surface area contributed by atoms with Crippen molar-refractivity contribution in [2.45, 2.75) is 44.0 Å². The number of rotatable bonds is 10. The lowest BCUT2D eigenvalue weighted by molar-refractivity contribution is -0.205. The minimum atomic E-state index is -3.27. The fourth-order valence-electron chi connectivity index (χ4n) is 5.73. The van der Waals surface area contributed by atoms with E-state index in [1.54, 1.807) is 11.6 Å². The molecule has 1 aromatic heterocycles. The van der Waals surface area contributed by atoms with Crippen LogP contribution in [0, 0.1) is 11.2 Å². The van der Waals surface area contributed by atoms with E-state index >= 15 is 8.78 Å². The van der Waals surface area contributed by atoms with Gasteiger partial charge < -0.3 is 19.9 Å². The summed E-state index contributed by atoms with van der Waals surface area (Å²) in [5, 5.41) is 15.8. The number of amidine groups is 1. The molecule has 2 aromatic rings. The van der Waals surface area contributed by atoms with E-state index in [4.69, 9.17) is 25.9 Å². The summed E-state index contributed by atoms with van der Waals surface area (Å²) < 4.78 is 56.4. The Labute approximate surface area is 260 Å². The smallest absolute Gasteiger partial charge is 0.338 e. The van der Waals surface area contributed by atoms with Crippen LogP contribution < -0.4 is 5.32 Å². The van der Waals surface area contributed by atoms with E-state index in [1.165, 1.54) is 62.5 Å². The maximum Gasteiger partial charge on any atom is 0.338 e. The maximum absolute atomic E-state index is 15.7. The molecule has 1 aromatic carbocycles. The van der Waals surface area contributed by atoms with E-state index in [9.17, 15) is 19.1 Å². The van der Waals surface area contributed by atoms with Gasteiger partial charge in [-0.05, 0) is 19.9 Å². The number of benzene rings is 1. The molecular formula is C28H31ClF3N5O6S. The van der Waals surface area contributed by atoms with Crippen LogP contribution in [0.5, 0.6) is 0 Å². The molecule has 0 unspecified atom stereocenters. The second-order valence-corrected chi connectivity index (χ2v) is 12.5. The molecule has 2 fully saturated rings. The second-order valence-electron chi connectivity index (χ2n) is 11.2.